The molecule has 126 valence electrons. The fraction of sp³-hybridized carbons (Fsp3) is 0.333. The van der Waals surface area contributed by atoms with Crippen LogP contribution in [0.2, 0.25) is 0 Å². The second-order valence-corrected chi connectivity index (χ2v) is 6.98. The maximum absolute atomic E-state index is 13.6. The molecule has 1 fully saturated rings. The molecule has 0 aliphatic carbocycles. The minimum absolute atomic E-state index is 0.0217. The van der Waals surface area contributed by atoms with Crippen LogP contribution in [0.4, 0.5) is 4.39 Å². The number of likely N-dealkylation sites (tertiary alicyclic amines) is 1. The Morgan fingerprint density at radius 1 is 1.38 bits per heavy atom. The first kappa shape index (κ1) is 16.6. The van der Waals surface area contributed by atoms with E-state index < -0.39 is 6.04 Å². The SMILES string of the molecule is CN1C(=O)CC[C@H](C(=O)NCc2cccs2)[C@@H]1c1cccc(F)c1. The number of piperidine rings is 1. The number of carbonyl (C=O) groups is 2. The van der Waals surface area contributed by atoms with Crippen molar-refractivity contribution in [2.45, 2.75) is 25.4 Å². The van der Waals surface area contributed by atoms with E-state index in [1.165, 1.54) is 12.1 Å². The van der Waals surface area contributed by atoms with Gasteiger partial charge < -0.3 is 10.2 Å². The molecule has 1 aromatic heterocycles. The van der Waals surface area contributed by atoms with Gasteiger partial charge in [-0.2, -0.15) is 0 Å². The summed E-state index contributed by atoms with van der Waals surface area (Å²) in [6.45, 7) is 0.473. The Hall–Kier alpha value is -2.21. The summed E-state index contributed by atoms with van der Waals surface area (Å²) < 4.78 is 13.6. The van der Waals surface area contributed by atoms with E-state index in [-0.39, 0.29) is 23.5 Å². The number of benzene rings is 1. The first-order valence-electron chi connectivity index (χ1n) is 7.87. The molecule has 1 N–H and O–H groups in total. The lowest BCUT2D eigenvalue weighted by Gasteiger charge is -2.38. The lowest BCUT2D eigenvalue weighted by Crippen LogP contribution is -2.46. The number of hydrogen-bond acceptors (Lipinski definition) is 3. The van der Waals surface area contributed by atoms with Crippen LogP contribution in [-0.4, -0.2) is 23.8 Å². The van der Waals surface area contributed by atoms with E-state index in [2.05, 4.69) is 5.32 Å². The van der Waals surface area contributed by atoms with Crippen LogP contribution in [0.3, 0.4) is 0 Å². The Bertz CT molecular complexity index is 732. The summed E-state index contributed by atoms with van der Waals surface area (Å²) in [6, 6.07) is 9.60. The van der Waals surface area contributed by atoms with Crippen molar-refractivity contribution >= 4 is 23.2 Å². The zero-order chi connectivity index (χ0) is 17.1. The van der Waals surface area contributed by atoms with Crippen molar-refractivity contribution in [3.63, 3.8) is 0 Å². The van der Waals surface area contributed by atoms with E-state index in [0.29, 0.717) is 24.9 Å². The molecular formula is C18H19FN2O2S. The molecule has 2 atom stereocenters. The molecule has 2 aromatic rings. The average molecular weight is 346 g/mol. The molecule has 2 heterocycles. The maximum atomic E-state index is 13.6. The van der Waals surface area contributed by atoms with Gasteiger partial charge in [0.05, 0.1) is 18.5 Å². The highest BCUT2D eigenvalue weighted by molar-refractivity contribution is 7.09. The van der Waals surface area contributed by atoms with E-state index in [0.717, 1.165) is 4.88 Å². The Morgan fingerprint density at radius 2 is 2.21 bits per heavy atom. The highest BCUT2D eigenvalue weighted by atomic mass is 32.1. The van der Waals surface area contributed by atoms with Gasteiger partial charge in [0.1, 0.15) is 5.82 Å². The highest BCUT2D eigenvalue weighted by Crippen LogP contribution is 2.36. The van der Waals surface area contributed by atoms with E-state index in [1.807, 2.05) is 17.5 Å². The third-order valence-electron chi connectivity index (χ3n) is 4.40. The van der Waals surface area contributed by atoms with Crippen molar-refractivity contribution in [2.24, 2.45) is 5.92 Å². The van der Waals surface area contributed by atoms with Crippen molar-refractivity contribution < 1.29 is 14.0 Å². The first-order chi connectivity index (χ1) is 11.6. The van der Waals surface area contributed by atoms with Crippen LogP contribution in [0.1, 0.15) is 29.3 Å². The monoisotopic (exact) mass is 346 g/mol. The van der Waals surface area contributed by atoms with Gasteiger partial charge in [-0.3, -0.25) is 9.59 Å². The van der Waals surface area contributed by atoms with Gasteiger partial charge >= 0.3 is 0 Å². The number of nitrogens with zero attached hydrogens (tertiary/aromatic N) is 1. The van der Waals surface area contributed by atoms with Gasteiger partial charge in [-0.15, -0.1) is 11.3 Å². The van der Waals surface area contributed by atoms with Crippen LogP contribution in [0, 0.1) is 11.7 Å². The quantitative estimate of drug-likeness (QED) is 0.925. The van der Waals surface area contributed by atoms with Crippen LogP contribution in [-0.2, 0) is 16.1 Å². The molecule has 3 rings (SSSR count). The largest absolute Gasteiger partial charge is 0.351 e. The van der Waals surface area contributed by atoms with Gasteiger partial charge in [0.25, 0.3) is 0 Å². The first-order valence-corrected chi connectivity index (χ1v) is 8.75. The predicted octanol–water partition coefficient (Wildman–Crippen LogP) is 3.11. The van der Waals surface area contributed by atoms with Gasteiger partial charge in [-0.05, 0) is 35.6 Å². The minimum atomic E-state index is -0.440. The van der Waals surface area contributed by atoms with Gasteiger partial charge in [0.15, 0.2) is 0 Å². The maximum Gasteiger partial charge on any atom is 0.225 e. The molecule has 0 bridgehead atoms. The second kappa shape index (κ2) is 7.13. The summed E-state index contributed by atoms with van der Waals surface area (Å²) in [5.41, 5.74) is 0.654. The van der Waals surface area contributed by atoms with Gasteiger partial charge in [0.2, 0.25) is 11.8 Å². The summed E-state index contributed by atoms with van der Waals surface area (Å²) in [5, 5.41) is 4.91. The van der Waals surface area contributed by atoms with Crippen molar-refractivity contribution in [2.75, 3.05) is 7.05 Å². The third kappa shape index (κ3) is 3.48. The van der Waals surface area contributed by atoms with Crippen LogP contribution in [0.5, 0.6) is 0 Å². The van der Waals surface area contributed by atoms with Gasteiger partial charge in [-0.1, -0.05) is 18.2 Å². The average Bonchev–Trinajstić information content (AvgIpc) is 3.08. The summed E-state index contributed by atoms with van der Waals surface area (Å²) >= 11 is 1.58. The number of halogens is 1. The number of hydrogen-bond donors (Lipinski definition) is 1. The topological polar surface area (TPSA) is 49.4 Å². The fourth-order valence-corrected chi connectivity index (χ4v) is 3.82. The molecule has 4 nitrogen and oxygen atoms in total. The smallest absolute Gasteiger partial charge is 0.225 e. The molecule has 1 aliphatic rings. The number of rotatable bonds is 4. The minimum Gasteiger partial charge on any atom is -0.351 e. The van der Waals surface area contributed by atoms with E-state index in [1.54, 1.807) is 35.4 Å². The standard InChI is InChI=1S/C18H19FN2O2S/c1-21-16(22)8-7-15(17(21)12-4-2-5-13(19)10-12)18(23)20-11-14-6-3-9-24-14/h2-6,9-10,15,17H,7-8,11H2,1H3,(H,20,23)/t15-,17-/m0/s1. The molecule has 0 unspecified atom stereocenters. The van der Waals surface area contributed by atoms with Crippen LogP contribution < -0.4 is 5.32 Å². The number of carbonyl (C=O) groups excluding carboxylic acids is 2. The van der Waals surface area contributed by atoms with Crippen molar-refractivity contribution in [3.8, 4) is 0 Å². The highest BCUT2D eigenvalue weighted by Gasteiger charge is 2.38. The lowest BCUT2D eigenvalue weighted by molar-refractivity contribution is -0.141. The Morgan fingerprint density at radius 3 is 2.92 bits per heavy atom. The molecular weight excluding hydrogens is 327 g/mol. The Labute approximate surface area is 144 Å². The van der Waals surface area contributed by atoms with E-state index in [4.69, 9.17) is 0 Å². The normalized spacial score (nSPS) is 20.9. The Kier molecular flexibility index (Phi) is 4.94. The van der Waals surface area contributed by atoms with Crippen molar-refractivity contribution in [1.29, 1.82) is 0 Å². The Balaban J connectivity index is 1.80. The molecule has 1 aliphatic heterocycles. The molecule has 0 radical (unpaired) electrons. The van der Waals surface area contributed by atoms with Crippen LogP contribution in [0.15, 0.2) is 41.8 Å². The molecule has 6 heteroatoms. The molecule has 24 heavy (non-hydrogen) atoms. The fourth-order valence-electron chi connectivity index (χ4n) is 3.18. The van der Waals surface area contributed by atoms with E-state index >= 15 is 0 Å². The van der Waals surface area contributed by atoms with E-state index in [9.17, 15) is 14.0 Å². The molecule has 1 saturated heterocycles. The lowest BCUT2D eigenvalue weighted by atomic mass is 9.84. The summed E-state index contributed by atoms with van der Waals surface area (Å²) in [6.07, 6.45) is 0.806. The van der Waals surface area contributed by atoms with Gasteiger partial charge in [0, 0.05) is 18.3 Å². The van der Waals surface area contributed by atoms with Crippen LogP contribution >= 0.6 is 11.3 Å². The summed E-state index contributed by atoms with van der Waals surface area (Å²) in [4.78, 5) is 27.4. The third-order valence-corrected chi connectivity index (χ3v) is 5.28. The number of amides is 2. The zero-order valence-corrected chi connectivity index (χ0v) is 14.2. The zero-order valence-electron chi connectivity index (χ0n) is 13.4. The van der Waals surface area contributed by atoms with Crippen molar-refractivity contribution in [1.82, 2.24) is 10.2 Å². The number of thiophene rings is 1. The molecule has 0 spiro atoms. The molecule has 2 amide bonds. The summed E-state index contributed by atoms with van der Waals surface area (Å²) in [5.74, 6) is -0.866. The molecule has 1 aromatic carbocycles. The number of nitrogens with one attached hydrogen (secondary N) is 1. The molecule has 0 saturated carbocycles. The van der Waals surface area contributed by atoms with Gasteiger partial charge in [-0.25, -0.2) is 4.39 Å². The second-order valence-electron chi connectivity index (χ2n) is 5.95. The predicted molar refractivity (Wildman–Crippen MR) is 90.8 cm³/mol. The van der Waals surface area contributed by atoms with Crippen molar-refractivity contribution in [3.05, 3.63) is 58.0 Å². The summed E-state index contributed by atoms with van der Waals surface area (Å²) in [7, 11) is 1.68. The van der Waals surface area contributed by atoms with Crippen LogP contribution in [0.25, 0.3) is 0 Å².